The third-order valence-electron chi connectivity index (χ3n) is 1.91. The van der Waals surface area contributed by atoms with E-state index in [1.807, 2.05) is 30.3 Å². The van der Waals surface area contributed by atoms with Crippen molar-refractivity contribution in [3.63, 3.8) is 0 Å². The Morgan fingerprint density at radius 2 is 2.14 bits per heavy atom. The number of nitrogen functional groups attached to an aromatic ring is 1. The molecule has 0 bridgehead atoms. The maximum Gasteiger partial charge on any atom is 0.155 e. The van der Waals surface area contributed by atoms with E-state index < -0.39 is 0 Å². The van der Waals surface area contributed by atoms with Gasteiger partial charge in [0, 0.05) is 6.07 Å². The van der Waals surface area contributed by atoms with Crippen LogP contribution in [0.25, 0.3) is 0 Å². The van der Waals surface area contributed by atoms with E-state index >= 15 is 0 Å². The average Bonchev–Trinajstić information content (AvgIpc) is 2.69. The Hall–Kier alpha value is -1.97. The van der Waals surface area contributed by atoms with Gasteiger partial charge in [0.25, 0.3) is 0 Å². The molecule has 0 radical (unpaired) electrons. The number of anilines is 2. The van der Waals surface area contributed by atoms with E-state index in [-0.39, 0.29) is 0 Å². The Kier molecular flexibility index (Phi) is 2.36. The topological polar surface area (TPSA) is 64.1 Å². The molecule has 3 N–H and O–H groups in total. The molecule has 1 aromatic heterocycles. The zero-order valence-corrected chi connectivity index (χ0v) is 7.60. The molecular formula is C10H11N3O. The van der Waals surface area contributed by atoms with Gasteiger partial charge in [-0.05, 0) is 12.1 Å². The summed E-state index contributed by atoms with van der Waals surface area (Å²) in [6, 6.07) is 9.41. The predicted octanol–water partition coefficient (Wildman–Crippen LogP) is 1.87. The van der Waals surface area contributed by atoms with Crippen LogP contribution in [-0.4, -0.2) is 5.16 Å². The second-order valence-electron chi connectivity index (χ2n) is 2.92. The van der Waals surface area contributed by atoms with E-state index in [2.05, 4.69) is 10.5 Å². The van der Waals surface area contributed by atoms with Crippen LogP contribution < -0.4 is 11.1 Å². The fourth-order valence-corrected chi connectivity index (χ4v) is 1.17. The molecule has 14 heavy (non-hydrogen) atoms. The summed E-state index contributed by atoms with van der Waals surface area (Å²) in [5, 5.41) is 6.77. The van der Waals surface area contributed by atoms with E-state index in [9.17, 15) is 0 Å². The summed E-state index contributed by atoms with van der Waals surface area (Å²) < 4.78 is 4.94. The number of para-hydroxylation sites is 2. The Labute approximate surface area is 81.7 Å². The molecule has 0 fully saturated rings. The largest absolute Gasteiger partial charge is 0.397 e. The molecule has 0 saturated carbocycles. The number of rotatable bonds is 3. The third-order valence-corrected chi connectivity index (χ3v) is 1.91. The molecule has 0 aliphatic carbocycles. The number of nitrogens with two attached hydrogens (primary N) is 1. The number of aromatic nitrogens is 1. The van der Waals surface area contributed by atoms with Gasteiger partial charge in [-0.25, -0.2) is 0 Å². The lowest BCUT2D eigenvalue weighted by molar-refractivity contribution is 0.388. The lowest BCUT2D eigenvalue weighted by Crippen LogP contribution is -2.01. The van der Waals surface area contributed by atoms with E-state index in [0.29, 0.717) is 6.54 Å². The fourth-order valence-electron chi connectivity index (χ4n) is 1.17. The van der Waals surface area contributed by atoms with Gasteiger partial charge in [0.1, 0.15) is 0 Å². The van der Waals surface area contributed by atoms with Crippen LogP contribution in [0, 0.1) is 0 Å². The smallest absolute Gasteiger partial charge is 0.155 e. The van der Waals surface area contributed by atoms with Crippen LogP contribution in [0.3, 0.4) is 0 Å². The Morgan fingerprint density at radius 1 is 1.29 bits per heavy atom. The highest BCUT2D eigenvalue weighted by Gasteiger charge is 1.99. The van der Waals surface area contributed by atoms with Crippen LogP contribution in [0.1, 0.15) is 5.76 Å². The SMILES string of the molecule is Nc1ccccc1NCc1ccno1. The minimum atomic E-state index is 0.591. The van der Waals surface area contributed by atoms with Gasteiger partial charge in [-0.3, -0.25) is 0 Å². The Bertz CT molecular complexity index is 398. The molecule has 0 unspecified atom stereocenters. The zero-order valence-electron chi connectivity index (χ0n) is 7.60. The minimum Gasteiger partial charge on any atom is -0.397 e. The average molecular weight is 189 g/mol. The molecule has 1 heterocycles. The van der Waals surface area contributed by atoms with Gasteiger partial charge in [-0.1, -0.05) is 17.3 Å². The predicted molar refractivity (Wildman–Crippen MR) is 54.7 cm³/mol. The highest BCUT2D eigenvalue weighted by molar-refractivity contribution is 5.65. The number of nitrogens with one attached hydrogen (secondary N) is 1. The summed E-state index contributed by atoms with van der Waals surface area (Å²) in [6.45, 7) is 0.591. The van der Waals surface area contributed by atoms with Crippen LogP contribution in [0.2, 0.25) is 0 Å². The van der Waals surface area contributed by atoms with Gasteiger partial charge < -0.3 is 15.6 Å². The molecule has 0 amide bonds. The summed E-state index contributed by atoms with van der Waals surface area (Å²) in [5.74, 6) is 0.785. The summed E-state index contributed by atoms with van der Waals surface area (Å²) >= 11 is 0. The fraction of sp³-hybridized carbons (Fsp3) is 0.100. The molecule has 0 aliphatic heterocycles. The molecule has 2 rings (SSSR count). The Balaban J connectivity index is 2.02. The molecule has 4 heteroatoms. The van der Waals surface area contributed by atoms with Crippen molar-refractivity contribution in [1.29, 1.82) is 0 Å². The second-order valence-corrected chi connectivity index (χ2v) is 2.92. The van der Waals surface area contributed by atoms with Gasteiger partial charge in [-0.2, -0.15) is 0 Å². The van der Waals surface area contributed by atoms with Crippen molar-refractivity contribution in [2.75, 3.05) is 11.1 Å². The molecule has 0 aliphatic rings. The lowest BCUT2D eigenvalue weighted by atomic mass is 10.2. The number of benzene rings is 1. The van der Waals surface area contributed by atoms with Gasteiger partial charge in [-0.15, -0.1) is 0 Å². The Morgan fingerprint density at radius 3 is 2.86 bits per heavy atom. The number of nitrogens with zero attached hydrogens (tertiary/aromatic N) is 1. The van der Waals surface area contributed by atoms with Gasteiger partial charge >= 0.3 is 0 Å². The summed E-state index contributed by atoms with van der Waals surface area (Å²) in [6.07, 6.45) is 1.62. The van der Waals surface area contributed by atoms with Crippen molar-refractivity contribution in [2.24, 2.45) is 0 Å². The summed E-state index contributed by atoms with van der Waals surface area (Å²) in [7, 11) is 0. The first kappa shape index (κ1) is 8.62. The number of hydrogen-bond donors (Lipinski definition) is 2. The van der Waals surface area contributed by atoms with E-state index in [1.54, 1.807) is 6.20 Å². The van der Waals surface area contributed by atoms with Crippen molar-refractivity contribution in [3.8, 4) is 0 Å². The number of hydrogen-bond acceptors (Lipinski definition) is 4. The van der Waals surface area contributed by atoms with Crippen molar-refractivity contribution >= 4 is 11.4 Å². The molecule has 4 nitrogen and oxygen atoms in total. The maximum atomic E-state index is 5.75. The normalized spacial score (nSPS) is 10.0. The summed E-state index contributed by atoms with van der Waals surface area (Å²) in [4.78, 5) is 0. The first-order valence-electron chi connectivity index (χ1n) is 4.34. The van der Waals surface area contributed by atoms with Crippen LogP contribution in [0.15, 0.2) is 41.1 Å². The molecule has 0 spiro atoms. The highest BCUT2D eigenvalue weighted by atomic mass is 16.5. The molecule has 1 aromatic carbocycles. The lowest BCUT2D eigenvalue weighted by Gasteiger charge is -2.06. The van der Waals surface area contributed by atoms with Gasteiger partial charge in [0.05, 0.1) is 24.1 Å². The van der Waals surface area contributed by atoms with Gasteiger partial charge in [0.15, 0.2) is 5.76 Å². The third kappa shape index (κ3) is 1.85. The first-order chi connectivity index (χ1) is 6.86. The first-order valence-corrected chi connectivity index (χ1v) is 4.34. The summed E-state index contributed by atoms with van der Waals surface area (Å²) in [5.41, 5.74) is 7.39. The monoisotopic (exact) mass is 189 g/mol. The molecule has 2 aromatic rings. The van der Waals surface area contributed by atoms with E-state index in [1.165, 1.54) is 0 Å². The van der Waals surface area contributed by atoms with Gasteiger partial charge in [0.2, 0.25) is 0 Å². The van der Waals surface area contributed by atoms with E-state index in [4.69, 9.17) is 10.3 Å². The van der Waals surface area contributed by atoms with Crippen LogP contribution in [0.5, 0.6) is 0 Å². The minimum absolute atomic E-state index is 0.591. The van der Waals surface area contributed by atoms with Crippen LogP contribution in [-0.2, 0) is 6.54 Å². The quantitative estimate of drug-likeness (QED) is 0.723. The molecule has 72 valence electrons. The van der Waals surface area contributed by atoms with Crippen LogP contribution in [0.4, 0.5) is 11.4 Å². The molecular weight excluding hydrogens is 178 g/mol. The van der Waals surface area contributed by atoms with Crippen molar-refractivity contribution in [3.05, 3.63) is 42.3 Å². The van der Waals surface area contributed by atoms with Crippen molar-refractivity contribution < 1.29 is 4.52 Å². The molecule has 0 atom stereocenters. The standard InChI is InChI=1S/C10H11N3O/c11-9-3-1-2-4-10(9)12-7-8-5-6-13-14-8/h1-6,12H,7,11H2. The highest BCUT2D eigenvalue weighted by Crippen LogP contribution is 2.17. The van der Waals surface area contributed by atoms with E-state index in [0.717, 1.165) is 17.1 Å². The zero-order chi connectivity index (χ0) is 9.80. The van der Waals surface area contributed by atoms with Crippen LogP contribution >= 0.6 is 0 Å². The second kappa shape index (κ2) is 3.83. The van der Waals surface area contributed by atoms with Crippen molar-refractivity contribution in [1.82, 2.24) is 5.16 Å². The molecule has 0 saturated heterocycles. The van der Waals surface area contributed by atoms with Crippen molar-refractivity contribution in [2.45, 2.75) is 6.54 Å². The maximum absolute atomic E-state index is 5.75.